The number of morpholine rings is 3. The number of likely N-dealkylation sites (N-methyl/N-ethyl adjacent to an activating group) is 1. The number of anilines is 11. The number of ether oxygens (including phenoxy) is 3. The molecule has 13 fully saturated rings. The standard InChI is InChI=1S/C21H27N7.C18H24N8O.C17H20FN7O.C17H23N7O/c1-2-27-11-13-5-15(27)6-17(13)19-7-18(14-8-23-20(22)24-9-14)25-21(26-19)28-10-12-3-16(28)4-12;1-24-2-4-25(5-3-24)18-22-15(12-8-20-17(19)21-9-12)7-16(23-18)26-10-14-6-13(26)11-27-14;1-17(18)8-24(9-17)16-22-13(10-4-20-15(19)21-5-10)3-14(23-16)25-6-12-2-11(25)7-26-12;1-3-23(4-2)17-21-14(11-7-19-16(18)20-8-11)6-15(22-17)24-9-13-5-12(24)10-25-13/h7-9,12-13,15-17H,2-6,10-11H2,1H3,(H2,22,23,24);7-9,13-14H,2-6,10-11H2,1H3,(H2,19,20,21);3-5,11-12H,2,6-9H2,1H3,(H2,19,20,21);6-8,12-13H,3-5,9-10H2,1-2H3,(H2,18,19,20)/t12?,13-,15-,16?,17?;13-,14-;11-,12-;12-,13-/m0000/s1. The molecule has 1 unspecified atom stereocenters. The van der Waals surface area contributed by atoms with Gasteiger partial charge in [-0.2, -0.15) is 15.0 Å². The van der Waals surface area contributed by atoms with Crippen LogP contribution in [0.1, 0.15) is 84.3 Å². The molecule has 2 saturated carbocycles. The number of halogens is 1. The lowest BCUT2D eigenvalue weighted by Crippen LogP contribution is -2.58. The smallest absolute Gasteiger partial charge is 0.228 e. The van der Waals surface area contributed by atoms with Gasteiger partial charge in [0, 0.05) is 180 Å². The van der Waals surface area contributed by atoms with E-state index < -0.39 is 5.67 Å². The molecule has 21 rings (SSSR count). The summed E-state index contributed by atoms with van der Waals surface area (Å²) < 4.78 is 31.1. The fraction of sp³-hybridized carbons (Fsp3) is 0.562. The number of nitrogens with two attached hydrogens (primary N) is 4. The van der Waals surface area contributed by atoms with E-state index >= 15 is 0 Å². The third kappa shape index (κ3) is 14.3. The van der Waals surface area contributed by atoms with Crippen LogP contribution >= 0.6 is 0 Å². The van der Waals surface area contributed by atoms with Crippen LogP contribution in [0, 0.1) is 11.8 Å². The Labute approximate surface area is 615 Å². The SMILES string of the molecule is CC1(F)CN(c2nc(-c3cnc(N)nc3)cc(N3C[C@@H]4C[C@H]3CO4)n2)C1.CCN(CC)c1nc(-c2cnc(N)nc2)cc(N2C[C@@H]3C[C@H]2CO3)n1.CCN1C[C@@H]2C[C@H]1CC2c1cc(-c2cnc(N)nc2)nc(N2CC3CC2C3)n1.CN1CCN(c2nc(-c3cnc(N)nc3)cc(N3C[C@@H]4C[C@H]3CO4)n2)CC1. The molecule has 106 heavy (non-hydrogen) atoms. The largest absolute Gasteiger partial charge is 0.374 e. The number of rotatable bonds is 15. The number of hydrogen-bond acceptors (Lipinski definition) is 32. The van der Waals surface area contributed by atoms with E-state index in [2.05, 4.69) is 118 Å². The molecule has 0 amide bonds. The summed E-state index contributed by atoms with van der Waals surface area (Å²) in [6.45, 7) is 22.6. The molecule has 556 valence electrons. The van der Waals surface area contributed by atoms with Crippen LogP contribution in [0.15, 0.2) is 73.8 Å². The molecule has 32 nitrogen and oxygen atoms in total. The number of piperidine rings is 1. The monoisotopic (exact) mass is 1440 g/mol. The highest BCUT2D eigenvalue weighted by Gasteiger charge is 2.49. The number of alkyl halides is 1. The minimum atomic E-state index is -1.19. The van der Waals surface area contributed by atoms with Gasteiger partial charge in [0.2, 0.25) is 47.6 Å². The van der Waals surface area contributed by atoms with Crippen molar-refractivity contribution in [3.05, 3.63) is 79.5 Å². The summed E-state index contributed by atoms with van der Waals surface area (Å²) in [5, 5.41) is 0. The van der Waals surface area contributed by atoms with Crippen LogP contribution in [-0.4, -0.2) is 262 Å². The molecule has 8 aromatic heterocycles. The Balaban J connectivity index is 0.000000104. The molecular weight excluding hydrogens is 1350 g/mol. The van der Waals surface area contributed by atoms with Gasteiger partial charge in [-0.25, -0.2) is 69.2 Å². The molecule has 0 spiro atoms. The van der Waals surface area contributed by atoms with Crippen molar-refractivity contribution in [1.29, 1.82) is 0 Å². The molecule has 11 saturated heterocycles. The normalized spacial score (nSPS) is 26.9. The summed E-state index contributed by atoms with van der Waals surface area (Å²) >= 11 is 0. The number of hydrogen-bond donors (Lipinski definition) is 4. The highest BCUT2D eigenvalue weighted by Crippen LogP contribution is 2.49. The van der Waals surface area contributed by atoms with E-state index in [0.29, 0.717) is 73.0 Å². The fourth-order valence-corrected chi connectivity index (χ4v) is 17.4. The Kier molecular flexibility index (Phi) is 18.8. The van der Waals surface area contributed by atoms with Crippen molar-refractivity contribution in [2.75, 3.05) is 176 Å². The highest BCUT2D eigenvalue weighted by atomic mass is 19.1. The zero-order valence-corrected chi connectivity index (χ0v) is 60.8. The number of aromatic nitrogens is 16. The van der Waals surface area contributed by atoms with Crippen LogP contribution in [-0.2, 0) is 14.2 Å². The van der Waals surface area contributed by atoms with Crippen LogP contribution in [0.3, 0.4) is 0 Å². The molecule has 13 aliphatic rings. The molecule has 9 atom stereocenters. The molecule has 19 heterocycles. The van der Waals surface area contributed by atoms with Crippen molar-refractivity contribution in [3.8, 4) is 45.0 Å². The van der Waals surface area contributed by atoms with Crippen LogP contribution in [0.5, 0.6) is 0 Å². The van der Waals surface area contributed by atoms with Gasteiger partial charge in [-0.1, -0.05) is 6.92 Å². The van der Waals surface area contributed by atoms with Crippen LogP contribution in [0.4, 0.5) is 69.4 Å². The molecular formula is C73H94FN29O3. The minimum Gasteiger partial charge on any atom is -0.374 e. The van der Waals surface area contributed by atoms with E-state index in [1.165, 1.54) is 37.9 Å². The quantitative estimate of drug-likeness (QED) is 0.106. The number of piperazine rings is 1. The second kappa shape index (κ2) is 28.8. The van der Waals surface area contributed by atoms with E-state index in [1.54, 1.807) is 56.5 Å². The topological polar surface area (TPSA) is 367 Å². The summed E-state index contributed by atoms with van der Waals surface area (Å²) in [6, 6.07) is 10.7. The first kappa shape index (κ1) is 69.2. The van der Waals surface area contributed by atoms with Crippen molar-refractivity contribution >= 4 is 65.0 Å². The fourth-order valence-electron chi connectivity index (χ4n) is 17.4. The number of likely N-dealkylation sites (tertiary alicyclic amines) is 1. The van der Waals surface area contributed by atoms with E-state index in [9.17, 15) is 4.39 Å². The Morgan fingerprint density at radius 3 is 1.27 bits per heavy atom. The maximum atomic E-state index is 14.0. The zero-order valence-electron chi connectivity index (χ0n) is 60.8. The second-order valence-electron chi connectivity index (χ2n) is 30.5. The Hall–Kier alpha value is -9.83. The maximum Gasteiger partial charge on any atom is 0.228 e. The number of fused-ring (bicyclic) bond motifs is 9. The molecule has 8 aromatic rings. The van der Waals surface area contributed by atoms with Gasteiger partial charge < -0.3 is 81.2 Å². The average Bonchev–Trinajstić information content (AvgIpc) is 1.33. The van der Waals surface area contributed by atoms with E-state index in [4.69, 9.17) is 72.0 Å². The Morgan fingerprint density at radius 1 is 0.453 bits per heavy atom. The third-order valence-corrected chi connectivity index (χ3v) is 23.3. The molecule has 2 aliphatic carbocycles. The van der Waals surface area contributed by atoms with Gasteiger partial charge in [-0.05, 0) is 97.2 Å². The van der Waals surface area contributed by atoms with Crippen molar-refractivity contribution < 1.29 is 18.6 Å². The maximum absolute atomic E-state index is 14.0. The first-order chi connectivity index (χ1) is 51.5. The summed E-state index contributed by atoms with van der Waals surface area (Å²) in [5.74, 6) is 8.83. The predicted octanol–water partition coefficient (Wildman–Crippen LogP) is 4.94. The molecule has 0 aromatic carbocycles. The number of nitrogen functional groups attached to an aromatic ring is 4. The summed E-state index contributed by atoms with van der Waals surface area (Å²) in [4.78, 5) is 92.3. The zero-order chi connectivity index (χ0) is 72.5. The predicted molar refractivity (Wildman–Crippen MR) is 402 cm³/mol. The minimum absolute atomic E-state index is 0.216. The first-order valence-corrected chi connectivity index (χ1v) is 37.6. The number of nitrogens with zero attached hydrogens (tertiary/aromatic N) is 25. The lowest BCUT2D eigenvalue weighted by atomic mass is 9.86. The molecule has 33 heteroatoms. The van der Waals surface area contributed by atoms with Gasteiger partial charge in [0.25, 0.3) is 0 Å². The van der Waals surface area contributed by atoms with Gasteiger partial charge in [0.15, 0.2) is 0 Å². The van der Waals surface area contributed by atoms with Crippen molar-refractivity contribution in [2.45, 2.75) is 133 Å². The van der Waals surface area contributed by atoms with Crippen LogP contribution < -0.4 is 57.2 Å². The van der Waals surface area contributed by atoms with E-state index in [0.717, 1.165) is 204 Å². The van der Waals surface area contributed by atoms with Gasteiger partial charge in [0.05, 0.1) is 97.8 Å². The molecule has 11 aliphatic heterocycles. The van der Waals surface area contributed by atoms with Crippen molar-refractivity contribution in [1.82, 2.24) is 89.5 Å². The third-order valence-electron chi connectivity index (χ3n) is 23.3. The molecule has 10 bridgehead atoms. The second-order valence-corrected chi connectivity index (χ2v) is 30.5. The summed E-state index contributed by atoms with van der Waals surface area (Å²) in [6.07, 6.45) is 22.9. The summed E-state index contributed by atoms with van der Waals surface area (Å²) in [7, 11) is 2.15. The Bertz CT molecular complexity index is 4410. The molecule has 8 N–H and O–H groups in total. The Morgan fingerprint density at radius 2 is 0.887 bits per heavy atom. The van der Waals surface area contributed by atoms with Gasteiger partial charge in [-0.3, -0.25) is 0 Å². The van der Waals surface area contributed by atoms with Crippen LogP contribution in [0.2, 0.25) is 0 Å². The first-order valence-electron chi connectivity index (χ1n) is 37.6. The van der Waals surface area contributed by atoms with Gasteiger partial charge in [0.1, 0.15) is 23.1 Å². The molecule has 0 radical (unpaired) electrons. The lowest BCUT2D eigenvalue weighted by Gasteiger charge is -2.42. The van der Waals surface area contributed by atoms with Gasteiger partial charge >= 0.3 is 0 Å². The van der Waals surface area contributed by atoms with Crippen molar-refractivity contribution in [3.63, 3.8) is 0 Å². The average molecular weight is 1440 g/mol. The van der Waals surface area contributed by atoms with E-state index in [-0.39, 0.29) is 23.9 Å². The lowest BCUT2D eigenvalue weighted by molar-refractivity contribution is 0.0987. The van der Waals surface area contributed by atoms with Crippen molar-refractivity contribution in [2.24, 2.45) is 11.8 Å². The van der Waals surface area contributed by atoms with Crippen LogP contribution in [0.25, 0.3) is 45.0 Å². The highest BCUT2D eigenvalue weighted by molar-refractivity contribution is 5.68. The van der Waals surface area contributed by atoms with E-state index in [1.807, 2.05) is 23.1 Å². The summed E-state index contributed by atoms with van der Waals surface area (Å²) in [5.41, 5.74) is 29.2. The van der Waals surface area contributed by atoms with Gasteiger partial charge in [-0.15, -0.1) is 0 Å².